The van der Waals surface area contributed by atoms with Crippen molar-refractivity contribution in [3.8, 4) is 0 Å². The Kier molecular flexibility index (Phi) is 4.04. The Balaban J connectivity index is 2.14. The first kappa shape index (κ1) is 13.8. The third kappa shape index (κ3) is 3.44. The Hall–Kier alpha value is -1.63. The van der Waals surface area contributed by atoms with E-state index in [0.717, 1.165) is 5.56 Å². The molecule has 0 aliphatic rings. The molecule has 1 aromatic heterocycles. The lowest BCUT2D eigenvalue weighted by Gasteiger charge is -2.08. The van der Waals surface area contributed by atoms with Crippen LogP contribution in [0.2, 0.25) is 5.02 Å². The SMILES string of the molecule is Nc1ncccc1S(=O)(=O)NCc1ccc(Cl)cc1. The third-order valence-electron chi connectivity index (χ3n) is 2.47. The zero-order chi connectivity index (χ0) is 13.9. The van der Waals surface area contributed by atoms with Crippen LogP contribution in [0.3, 0.4) is 0 Å². The molecule has 1 aromatic carbocycles. The fourth-order valence-electron chi connectivity index (χ4n) is 1.49. The van der Waals surface area contributed by atoms with Gasteiger partial charge in [0.05, 0.1) is 0 Å². The van der Waals surface area contributed by atoms with Crippen LogP contribution >= 0.6 is 11.6 Å². The molecule has 0 bridgehead atoms. The van der Waals surface area contributed by atoms with Gasteiger partial charge in [-0.2, -0.15) is 0 Å². The number of nitrogens with zero attached hydrogens (tertiary/aromatic N) is 1. The quantitative estimate of drug-likeness (QED) is 0.901. The molecule has 1 heterocycles. The van der Waals surface area contributed by atoms with Crippen LogP contribution in [-0.4, -0.2) is 13.4 Å². The van der Waals surface area contributed by atoms with Crippen LogP contribution in [0.4, 0.5) is 5.82 Å². The van der Waals surface area contributed by atoms with E-state index in [1.54, 1.807) is 24.3 Å². The van der Waals surface area contributed by atoms with Gasteiger partial charge in [-0.3, -0.25) is 0 Å². The summed E-state index contributed by atoms with van der Waals surface area (Å²) in [5, 5.41) is 0.600. The van der Waals surface area contributed by atoms with E-state index in [1.165, 1.54) is 18.3 Å². The second kappa shape index (κ2) is 5.56. The summed E-state index contributed by atoms with van der Waals surface area (Å²) >= 11 is 5.75. The Labute approximate surface area is 116 Å². The van der Waals surface area contributed by atoms with Gasteiger partial charge in [-0.1, -0.05) is 23.7 Å². The second-order valence-corrected chi connectivity index (χ2v) is 6.01. The molecule has 0 aliphatic heterocycles. The summed E-state index contributed by atoms with van der Waals surface area (Å²) in [7, 11) is -3.67. The molecule has 0 radical (unpaired) electrons. The van der Waals surface area contributed by atoms with E-state index in [0.29, 0.717) is 5.02 Å². The molecule has 7 heteroatoms. The Morgan fingerprint density at radius 1 is 1.21 bits per heavy atom. The highest BCUT2D eigenvalue weighted by atomic mass is 35.5. The maximum atomic E-state index is 12.0. The number of rotatable bonds is 4. The van der Waals surface area contributed by atoms with Gasteiger partial charge in [0.15, 0.2) is 0 Å². The first-order chi connectivity index (χ1) is 8.99. The first-order valence-corrected chi connectivity index (χ1v) is 7.30. The average Bonchev–Trinajstić information content (AvgIpc) is 2.38. The summed E-state index contributed by atoms with van der Waals surface area (Å²) < 4.78 is 26.5. The number of benzene rings is 1. The van der Waals surface area contributed by atoms with E-state index in [9.17, 15) is 8.42 Å². The summed E-state index contributed by atoms with van der Waals surface area (Å²) in [6, 6.07) is 9.82. The Bertz CT molecular complexity index is 672. The number of nitrogens with two attached hydrogens (primary N) is 1. The molecule has 0 saturated heterocycles. The predicted molar refractivity (Wildman–Crippen MR) is 74.1 cm³/mol. The zero-order valence-electron chi connectivity index (χ0n) is 9.88. The van der Waals surface area contributed by atoms with Gasteiger partial charge >= 0.3 is 0 Å². The summed E-state index contributed by atoms with van der Waals surface area (Å²) in [6.07, 6.45) is 1.44. The summed E-state index contributed by atoms with van der Waals surface area (Å²) in [5.74, 6) is -0.0221. The van der Waals surface area contributed by atoms with Crippen LogP contribution in [0.5, 0.6) is 0 Å². The van der Waals surface area contributed by atoms with Crippen molar-refractivity contribution >= 4 is 27.4 Å². The molecule has 2 rings (SSSR count). The van der Waals surface area contributed by atoms with Crippen LogP contribution in [0, 0.1) is 0 Å². The maximum absolute atomic E-state index is 12.0. The molecule has 0 amide bonds. The summed E-state index contributed by atoms with van der Waals surface area (Å²) in [4.78, 5) is 3.73. The van der Waals surface area contributed by atoms with Crippen molar-refractivity contribution in [2.24, 2.45) is 0 Å². The van der Waals surface area contributed by atoms with E-state index < -0.39 is 10.0 Å². The highest BCUT2D eigenvalue weighted by Gasteiger charge is 2.17. The molecule has 5 nitrogen and oxygen atoms in total. The van der Waals surface area contributed by atoms with E-state index in [1.807, 2.05) is 0 Å². The van der Waals surface area contributed by atoms with E-state index in [4.69, 9.17) is 17.3 Å². The summed E-state index contributed by atoms with van der Waals surface area (Å²) in [5.41, 5.74) is 6.35. The monoisotopic (exact) mass is 297 g/mol. The number of nitrogen functional groups attached to an aromatic ring is 1. The van der Waals surface area contributed by atoms with Crippen molar-refractivity contribution in [2.75, 3.05) is 5.73 Å². The first-order valence-electron chi connectivity index (χ1n) is 5.43. The fraction of sp³-hybridized carbons (Fsp3) is 0.0833. The number of halogens is 1. The molecule has 100 valence electrons. The Morgan fingerprint density at radius 2 is 1.89 bits per heavy atom. The summed E-state index contributed by atoms with van der Waals surface area (Å²) in [6.45, 7) is 0.161. The minimum Gasteiger partial charge on any atom is -0.383 e. The lowest BCUT2D eigenvalue weighted by atomic mass is 10.2. The number of anilines is 1. The van der Waals surface area contributed by atoms with Crippen molar-refractivity contribution in [2.45, 2.75) is 11.4 Å². The smallest absolute Gasteiger partial charge is 0.244 e. The molecule has 19 heavy (non-hydrogen) atoms. The van der Waals surface area contributed by atoms with E-state index >= 15 is 0 Å². The highest BCUT2D eigenvalue weighted by Crippen LogP contribution is 2.15. The number of hydrogen-bond donors (Lipinski definition) is 2. The van der Waals surface area contributed by atoms with Gasteiger partial charge < -0.3 is 5.73 Å². The second-order valence-electron chi connectivity index (χ2n) is 3.84. The lowest BCUT2D eigenvalue weighted by Crippen LogP contribution is -2.24. The minimum absolute atomic E-state index is 0.0221. The molecule has 0 unspecified atom stereocenters. The van der Waals surface area contributed by atoms with Crippen LogP contribution in [-0.2, 0) is 16.6 Å². The van der Waals surface area contributed by atoms with Crippen LogP contribution < -0.4 is 10.5 Å². The van der Waals surface area contributed by atoms with Gasteiger partial charge in [-0.15, -0.1) is 0 Å². The van der Waals surface area contributed by atoms with E-state index in [2.05, 4.69) is 9.71 Å². The van der Waals surface area contributed by atoms with Crippen molar-refractivity contribution in [1.29, 1.82) is 0 Å². The van der Waals surface area contributed by atoms with Gasteiger partial charge in [-0.25, -0.2) is 18.1 Å². The average molecular weight is 298 g/mol. The molecule has 0 fully saturated rings. The van der Waals surface area contributed by atoms with Crippen molar-refractivity contribution in [3.63, 3.8) is 0 Å². The van der Waals surface area contributed by atoms with Gasteiger partial charge in [0.25, 0.3) is 0 Å². The number of nitrogens with one attached hydrogen (secondary N) is 1. The Morgan fingerprint density at radius 3 is 2.53 bits per heavy atom. The van der Waals surface area contributed by atoms with Gasteiger partial charge in [-0.05, 0) is 29.8 Å². The van der Waals surface area contributed by atoms with Gasteiger partial charge in [0, 0.05) is 17.8 Å². The molecule has 2 aromatic rings. The number of hydrogen-bond acceptors (Lipinski definition) is 4. The highest BCUT2D eigenvalue weighted by molar-refractivity contribution is 7.89. The topological polar surface area (TPSA) is 85.1 Å². The fourth-order valence-corrected chi connectivity index (χ4v) is 2.71. The zero-order valence-corrected chi connectivity index (χ0v) is 11.4. The molecule has 0 spiro atoms. The van der Waals surface area contributed by atoms with Crippen molar-refractivity contribution < 1.29 is 8.42 Å². The molecule has 0 atom stereocenters. The molecular formula is C12H12ClN3O2S. The maximum Gasteiger partial charge on any atom is 0.244 e. The van der Waals surface area contributed by atoms with E-state index in [-0.39, 0.29) is 17.3 Å². The largest absolute Gasteiger partial charge is 0.383 e. The van der Waals surface area contributed by atoms with Crippen molar-refractivity contribution in [3.05, 3.63) is 53.2 Å². The predicted octanol–water partition coefficient (Wildman–Crippen LogP) is 1.80. The normalized spacial score (nSPS) is 11.4. The van der Waals surface area contributed by atoms with Gasteiger partial charge in [0.2, 0.25) is 10.0 Å². The van der Waals surface area contributed by atoms with Crippen LogP contribution in [0.25, 0.3) is 0 Å². The lowest BCUT2D eigenvalue weighted by molar-refractivity contribution is 0.581. The van der Waals surface area contributed by atoms with Gasteiger partial charge in [0.1, 0.15) is 10.7 Å². The molecule has 0 saturated carbocycles. The molecule has 0 aliphatic carbocycles. The number of pyridine rings is 1. The number of aromatic nitrogens is 1. The number of sulfonamides is 1. The molecule has 3 N–H and O–H groups in total. The standard InChI is InChI=1S/C12H12ClN3O2S/c13-10-5-3-9(4-6-10)8-16-19(17,18)11-2-1-7-15-12(11)14/h1-7,16H,8H2,(H2,14,15). The van der Waals surface area contributed by atoms with Crippen molar-refractivity contribution in [1.82, 2.24) is 9.71 Å². The van der Waals surface area contributed by atoms with Crippen LogP contribution in [0.15, 0.2) is 47.5 Å². The van der Waals surface area contributed by atoms with Crippen LogP contribution in [0.1, 0.15) is 5.56 Å². The third-order valence-corrected chi connectivity index (χ3v) is 4.17. The molecular weight excluding hydrogens is 286 g/mol. The minimum atomic E-state index is -3.67.